The maximum absolute atomic E-state index is 3.44. The zero-order valence-corrected chi connectivity index (χ0v) is 10.4. The quantitative estimate of drug-likeness (QED) is 0.661. The molecule has 0 radical (unpaired) electrons. The second-order valence-electron chi connectivity index (χ2n) is 3.42. The van der Waals surface area contributed by atoms with Crippen LogP contribution in [0.15, 0.2) is 46.5 Å². The van der Waals surface area contributed by atoms with Gasteiger partial charge in [-0.05, 0) is 44.0 Å². The first kappa shape index (κ1) is 11.3. The van der Waals surface area contributed by atoms with Gasteiger partial charge in [0.05, 0.1) is 0 Å². The van der Waals surface area contributed by atoms with E-state index in [2.05, 4.69) is 66.2 Å². The van der Waals surface area contributed by atoms with Crippen LogP contribution in [0.25, 0.3) is 5.57 Å². The standard InChI is InChI=1S/C13H15Br/c1-4-5-13(10(2)3)11-6-8-12(14)9-7-11/h4-9H,1-3H3/b5-4-. The van der Waals surface area contributed by atoms with Crippen LogP contribution >= 0.6 is 15.9 Å². The van der Waals surface area contributed by atoms with Crippen LogP contribution in [0.1, 0.15) is 26.3 Å². The van der Waals surface area contributed by atoms with Crippen molar-refractivity contribution in [3.8, 4) is 0 Å². The molecule has 0 atom stereocenters. The van der Waals surface area contributed by atoms with Gasteiger partial charge in [-0.15, -0.1) is 0 Å². The summed E-state index contributed by atoms with van der Waals surface area (Å²) in [4.78, 5) is 0. The monoisotopic (exact) mass is 250 g/mol. The lowest BCUT2D eigenvalue weighted by Gasteiger charge is -2.05. The van der Waals surface area contributed by atoms with Crippen molar-refractivity contribution in [1.82, 2.24) is 0 Å². The number of rotatable bonds is 2. The van der Waals surface area contributed by atoms with Crippen LogP contribution in [-0.2, 0) is 0 Å². The summed E-state index contributed by atoms with van der Waals surface area (Å²) in [5, 5.41) is 0. The van der Waals surface area contributed by atoms with Crippen LogP contribution in [0.4, 0.5) is 0 Å². The third-order valence-corrected chi connectivity index (χ3v) is 2.56. The van der Waals surface area contributed by atoms with Gasteiger partial charge in [-0.3, -0.25) is 0 Å². The summed E-state index contributed by atoms with van der Waals surface area (Å²) in [6.07, 6.45) is 4.23. The number of allylic oxidation sites excluding steroid dienone is 4. The van der Waals surface area contributed by atoms with Crippen molar-refractivity contribution in [3.05, 3.63) is 52.0 Å². The Kier molecular flexibility index (Phi) is 4.15. The first-order valence-corrected chi connectivity index (χ1v) is 5.50. The second-order valence-corrected chi connectivity index (χ2v) is 4.34. The summed E-state index contributed by atoms with van der Waals surface area (Å²) in [5.74, 6) is 0. The average Bonchev–Trinajstić information content (AvgIpc) is 2.15. The van der Waals surface area contributed by atoms with Crippen molar-refractivity contribution in [2.75, 3.05) is 0 Å². The molecule has 0 aliphatic carbocycles. The van der Waals surface area contributed by atoms with Gasteiger partial charge >= 0.3 is 0 Å². The fourth-order valence-electron chi connectivity index (χ4n) is 1.35. The minimum atomic E-state index is 1.12. The maximum Gasteiger partial charge on any atom is 0.0175 e. The summed E-state index contributed by atoms with van der Waals surface area (Å²) < 4.78 is 1.12. The fourth-order valence-corrected chi connectivity index (χ4v) is 1.61. The Morgan fingerprint density at radius 1 is 1.14 bits per heavy atom. The van der Waals surface area contributed by atoms with Crippen LogP contribution in [-0.4, -0.2) is 0 Å². The molecule has 0 aliphatic rings. The van der Waals surface area contributed by atoms with E-state index >= 15 is 0 Å². The van der Waals surface area contributed by atoms with Crippen molar-refractivity contribution in [2.45, 2.75) is 20.8 Å². The van der Waals surface area contributed by atoms with Gasteiger partial charge in [0, 0.05) is 4.47 Å². The molecule has 0 aliphatic heterocycles. The molecular weight excluding hydrogens is 236 g/mol. The molecule has 0 unspecified atom stereocenters. The molecule has 0 nitrogen and oxygen atoms in total. The molecule has 0 heterocycles. The minimum absolute atomic E-state index is 1.12. The highest BCUT2D eigenvalue weighted by molar-refractivity contribution is 9.10. The van der Waals surface area contributed by atoms with Gasteiger partial charge in [-0.25, -0.2) is 0 Å². The van der Waals surface area contributed by atoms with Gasteiger partial charge in [0.2, 0.25) is 0 Å². The van der Waals surface area contributed by atoms with Crippen LogP contribution in [0.2, 0.25) is 0 Å². The van der Waals surface area contributed by atoms with Crippen molar-refractivity contribution < 1.29 is 0 Å². The van der Waals surface area contributed by atoms with Gasteiger partial charge in [-0.1, -0.05) is 45.8 Å². The molecule has 14 heavy (non-hydrogen) atoms. The molecule has 1 heteroatoms. The summed E-state index contributed by atoms with van der Waals surface area (Å²) in [6.45, 7) is 6.32. The van der Waals surface area contributed by atoms with E-state index < -0.39 is 0 Å². The molecule has 0 aromatic heterocycles. The molecule has 0 bridgehead atoms. The van der Waals surface area contributed by atoms with Gasteiger partial charge in [0.15, 0.2) is 0 Å². The molecule has 0 amide bonds. The van der Waals surface area contributed by atoms with E-state index in [1.165, 1.54) is 16.7 Å². The molecule has 0 saturated carbocycles. The summed E-state index contributed by atoms with van der Waals surface area (Å²) in [7, 11) is 0. The van der Waals surface area contributed by atoms with Crippen LogP contribution in [0, 0.1) is 0 Å². The summed E-state index contributed by atoms with van der Waals surface area (Å²) in [6, 6.07) is 8.41. The van der Waals surface area contributed by atoms with E-state index in [1.54, 1.807) is 0 Å². The normalized spacial score (nSPS) is 10.6. The fraction of sp³-hybridized carbons (Fsp3) is 0.231. The largest absolute Gasteiger partial charge is 0.0870 e. The van der Waals surface area contributed by atoms with Gasteiger partial charge in [0.1, 0.15) is 0 Å². The molecule has 0 N–H and O–H groups in total. The van der Waals surface area contributed by atoms with Gasteiger partial charge < -0.3 is 0 Å². The van der Waals surface area contributed by atoms with Crippen LogP contribution in [0.3, 0.4) is 0 Å². The molecule has 1 rings (SSSR count). The average molecular weight is 251 g/mol. The van der Waals surface area contributed by atoms with E-state index in [0.29, 0.717) is 0 Å². The lowest BCUT2D eigenvalue weighted by molar-refractivity contribution is 1.39. The summed E-state index contributed by atoms with van der Waals surface area (Å²) in [5.41, 5.74) is 3.91. The molecular formula is C13H15Br. The Morgan fingerprint density at radius 2 is 1.71 bits per heavy atom. The van der Waals surface area contributed by atoms with E-state index in [1.807, 2.05) is 6.92 Å². The minimum Gasteiger partial charge on any atom is -0.0870 e. The number of halogens is 1. The number of benzene rings is 1. The second kappa shape index (κ2) is 5.16. The zero-order chi connectivity index (χ0) is 10.6. The highest BCUT2D eigenvalue weighted by Gasteiger charge is 1.98. The molecule has 0 spiro atoms. The summed E-state index contributed by atoms with van der Waals surface area (Å²) >= 11 is 3.44. The number of hydrogen-bond donors (Lipinski definition) is 0. The van der Waals surface area contributed by atoms with Crippen molar-refractivity contribution in [1.29, 1.82) is 0 Å². The predicted octanol–water partition coefficient (Wildman–Crippen LogP) is 4.82. The Labute approximate surface area is 94.5 Å². The molecule has 0 fully saturated rings. The predicted molar refractivity (Wildman–Crippen MR) is 67.2 cm³/mol. The molecule has 1 aromatic carbocycles. The Morgan fingerprint density at radius 3 is 2.14 bits per heavy atom. The van der Waals surface area contributed by atoms with Crippen molar-refractivity contribution >= 4 is 21.5 Å². The molecule has 74 valence electrons. The highest BCUT2D eigenvalue weighted by Crippen LogP contribution is 2.22. The zero-order valence-electron chi connectivity index (χ0n) is 8.84. The first-order chi connectivity index (χ1) is 6.65. The van der Waals surface area contributed by atoms with E-state index in [9.17, 15) is 0 Å². The maximum atomic E-state index is 3.44. The third-order valence-electron chi connectivity index (χ3n) is 2.03. The Bertz CT molecular complexity index is 351. The van der Waals surface area contributed by atoms with Gasteiger partial charge in [-0.2, -0.15) is 0 Å². The molecule has 0 saturated heterocycles. The molecule has 1 aromatic rings. The third kappa shape index (κ3) is 2.85. The van der Waals surface area contributed by atoms with E-state index in [-0.39, 0.29) is 0 Å². The van der Waals surface area contributed by atoms with Crippen LogP contribution in [0.5, 0.6) is 0 Å². The number of hydrogen-bond acceptors (Lipinski definition) is 0. The van der Waals surface area contributed by atoms with Crippen LogP contribution < -0.4 is 0 Å². The lowest BCUT2D eigenvalue weighted by atomic mass is 10.0. The SMILES string of the molecule is C/C=C\C(=C(C)C)c1ccc(Br)cc1. The van der Waals surface area contributed by atoms with E-state index in [4.69, 9.17) is 0 Å². The smallest absolute Gasteiger partial charge is 0.0175 e. The highest BCUT2D eigenvalue weighted by atomic mass is 79.9. The van der Waals surface area contributed by atoms with E-state index in [0.717, 1.165) is 4.47 Å². The lowest BCUT2D eigenvalue weighted by Crippen LogP contribution is -1.83. The first-order valence-electron chi connectivity index (χ1n) is 4.71. The Hall–Kier alpha value is -0.820. The topological polar surface area (TPSA) is 0 Å². The van der Waals surface area contributed by atoms with Crippen molar-refractivity contribution in [3.63, 3.8) is 0 Å². The van der Waals surface area contributed by atoms with Gasteiger partial charge in [0.25, 0.3) is 0 Å². The van der Waals surface area contributed by atoms with Crippen molar-refractivity contribution in [2.24, 2.45) is 0 Å². The Balaban J connectivity index is 3.14.